The quantitative estimate of drug-likeness (QED) is 0.728. The highest BCUT2D eigenvalue weighted by Gasteiger charge is 2.58. The van der Waals surface area contributed by atoms with Crippen LogP contribution in [0, 0.1) is 5.41 Å². The third kappa shape index (κ3) is 2.87. The highest BCUT2D eigenvalue weighted by molar-refractivity contribution is 5.82. The summed E-state index contributed by atoms with van der Waals surface area (Å²) in [6, 6.07) is -0.185. The zero-order valence-corrected chi connectivity index (χ0v) is 10.4. The first kappa shape index (κ1) is 12.8. The van der Waals surface area contributed by atoms with Crippen molar-refractivity contribution in [2.45, 2.75) is 45.8 Å². The summed E-state index contributed by atoms with van der Waals surface area (Å²) >= 11 is 0. The Kier molecular flexibility index (Phi) is 3.17. The molecule has 0 unspecified atom stereocenters. The summed E-state index contributed by atoms with van der Waals surface area (Å²) in [6.07, 6.45) is 0.101. The Bertz CT molecular complexity index is 308. The molecule has 1 aliphatic rings. The monoisotopic (exact) mass is 229 g/mol. The molecule has 0 aromatic rings. The number of hydrogen-bond donors (Lipinski definition) is 1. The van der Waals surface area contributed by atoms with Crippen LogP contribution >= 0.6 is 0 Å². The zero-order chi connectivity index (χ0) is 12.6. The Hall–Kier alpha value is -1.26. The van der Waals surface area contributed by atoms with E-state index in [9.17, 15) is 9.59 Å². The van der Waals surface area contributed by atoms with Crippen molar-refractivity contribution < 1.29 is 19.1 Å². The van der Waals surface area contributed by atoms with Gasteiger partial charge in [-0.05, 0) is 34.1 Å². The van der Waals surface area contributed by atoms with Crippen LogP contribution in [0.2, 0.25) is 0 Å². The topological polar surface area (TPSA) is 64.6 Å². The van der Waals surface area contributed by atoms with Gasteiger partial charge in [0.2, 0.25) is 0 Å². The molecule has 1 aliphatic carbocycles. The molecule has 92 valence electrons. The number of methoxy groups -OCH3 is 1. The number of hydrogen-bond acceptors (Lipinski definition) is 4. The zero-order valence-electron chi connectivity index (χ0n) is 10.4. The maximum absolute atomic E-state index is 11.4. The van der Waals surface area contributed by atoms with Gasteiger partial charge in [-0.25, -0.2) is 4.79 Å². The number of rotatable bonds is 2. The molecule has 1 N–H and O–H groups in total. The van der Waals surface area contributed by atoms with Crippen molar-refractivity contribution >= 4 is 12.1 Å². The largest absolute Gasteiger partial charge is 0.469 e. The minimum absolute atomic E-state index is 0.185. The SMILES string of the molecule is COC(=O)[C@@]1(C)C[C@H]1NC(=O)OC(C)(C)C. The highest BCUT2D eigenvalue weighted by Crippen LogP contribution is 2.46. The Morgan fingerprint density at radius 1 is 1.38 bits per heavy atom. The van der Waals surface area contributed by atoms with E-state index in [1.165, 1.54) is 7.11 Å². The maximum Gasteiger partial charge on any atom is 0.407 e. The van der Waals surface area contributed by atoms with Crippen molar-refractivity contribution in [3.8, 4) is 0 Å². The molecule has 0 spiro atoms. The van der Waals surface area contributed by atoms with Crippen LogP contribution < -0.4 is 5.32 Å². The van der Waals surface area contributed by atoms with Crippen molar-refractivity contribution in [2.75, 3.05) is 7.11 Å². The van der Waals surface area contributed by atoms with E-state index in [4.69, 9.17) is 4.74 Å². The van der Waals surface area contributed by atoms with Crippen molar-refractivity contribution in [3.05, 3.63) is 0 Å². The van der Waals surface area contributed by atoms with Crippen LogP contribution in [-0.2, 0) is 14.3 Å². The predicted molar refractivity (Wildman–Crippen MR) is 57.9 cm³/mol. The summed E-state index contributed by atoms with van der Waals surface area (Å²) in [5.74, 6) is -0.298. The van der Waals surface area contributed by atoms with Gasteiger partial charge in [-0.1, -0.05) is 0 Å². The van der Waals surface area contributed by atoms with Crippen LogP contribution in [0.15, 0.2) is 0 Å². The van der Waals surface area contributed by atoms with Gasteiger partial charge in [-0.3, -0.25) is 4.79 Å². The molecule has 0 saturated heterocycles. The van der Waals surface area contributed by atoms with Gasteiger partial charge in [0.25, 0.3) is 0 Å². The van der Waals surface area contributed by atoms with Crippen LogP contribution in [0.5, 0.6) is 0 Å². The third-order valence-electron chi connectivity index (χ3n) is 2.58. The van der Waals surface area contributed by atoms with E-state index in [0.717, 1.165) is 0 Å². The fraction of sp³-hybridized carbons (Fsp3) is 0.818. The molecule has 0 heterocycles. The van der Waals surface area contributed by atoms with E-state index in [-0.39, 0.29) is 12.0 Å². The summed E-state index contributed by atoms with van der Waals surface area (Å²) in [7, 11) is 1.34. The lowest BCUT2D eigenvalue weighted by Gasteiger charge is -2.20. The molecule has 0 aromatic carbocycles. The van der Waals surface area contributed by atoms with Crippen LogP contribution in [0.3, 0.4) is 0 Å². The third-order valence-corrected chi connectivity index (χ3v) is 2.58. The second-order valence-electron chi connectivity index (χ2n) is 5.31. The minimum atomic E-state index is -0.592. The molecule has 1 fully saturated rings. The fourth-order valence-electron chi connectivity index (χ4n) is 1.48. The molecule has 5 nitrogen and oxygen atoms in total. The molecule has 0 aliphatic heterocycles. The molecule has 16 heavy (non-hydrogen) atoms. The first-order valence-corrected chi connectivity index (χ1v) is 5.27. The average Bonchev–Trinajstić information content (AvgIpc) is 2.73. The molecule has 1 saturated carbocycles. The minimum Gasteiger partial charge on any atom is -0.469 e. The van der Waals surface area contributed by atoms with Gasteiger partial charge in [-0.15, -0.1) is 0 Å². The normalized spacial score (nSPS) is 28.2. The molecule has 1 amide bonds. The Morgan fingerprint density at radius 3 is 2.38 bits per heavy atom. The van der Waals surface area contributed by atoms with Gasteiger partial charge in [0.1, 0.15) is 5.60 Å². The van der Waals surface area contributed by atoms with Gasteiger partial charge in [0.05, 0.1) is 12.5 Å². The Labute approximate surface area is 95.5 Å². The lowest BCUT2D eigenvalue weighted by Crippen LogP contribution is -2.36. The highest BCUT2D eigenvalue weighted by atomic mass is 16.6. The summed E-state index contributed by atoms with van der Waals surface area (Å²) in [6.45, 7) is 7.14. The summed E-state index contributed by atoms with van der Waals surface area (Å²) in [5.41, 5.74) is -1.12. The van der Waals surface area contributed by atoms with E-state index >= 15 is 0 Å². The summed E-state index contributed by atoms with van der Waals surface area (Å²) in [5, 5.41) is 2.65. The number of esters is 1. The van der Waals surface area contributed by atoms with Gasteiger partial charge in [-0.2, -0.15) is 0 Å². The van der Waals surface area contributed by atoms with Crippen LogP contribution in [0.4, 0.5) is 4.79 Å². The van der Waals surface area contributed by atoms with E-state index in [0.29, 0.717) is 6.42 Å². The second kappa shape index (κ2) is 3.96. The Balaban J connectivity index is 2.42. The van der Waals surface area contributed by atoms with E-state index in [1.54, 1.807) is 27.7 Å². The van der Waals surface area contributed by atoms with Crippen LogP contribution in [0.25, 0.3) is 0 Å². The molecule has 0 aromatic heterocycles. The number of nitrogens with one attached hydrogen (secondary N) is 1. The first-order valence-electron chi connectivity index (χ1n) is 5.27. The van der Waals surface area contributed by atoms with Gasteiger partial charge in [0.15, 0.2) is 0 Å². The number of alkyl carbamates (subject to hydrolysis) is 1. The predicted octanol–water partition coefficient (Wildman–Crippen LogP) is 1.46. The Morgan fingerprint density at radius 2 is 1.94 bits per heavy atom. The number of ether oxygens (including phenoxy) is 2. The van der Waals surface area contributed by atoms with E-state index in [1.807, 2.05) is 0 Å². The lowest BCUT2D eigenvalue weighted by atomic mass is 10.1. The number of carbonyl (C=O) groups excluding carboxylic acids is 2. The molecular weight excluding hydrogens is 210 g/mol. The van der Waals surface area contributed by atoms with Crippen molar-refractivity contribution in [1.29, 1.82) is 0 Å². The second-order valence-corrected chi connectivity index (χ2v) is 5.31. The molecule has 5 heteroatoms. The maximum atomic E-state index is 11.4. The molecule has 1 rings (SSSR count). The fourth-order valence-corrected chi connectivity index (χ4v) is 1.48. The van der Waals surface area contributed by atoms with E-state index in [2.05, 4.69) is 10.1 Å². The average molecular weight is 229 g/mol. The summed E-state index contributed by atoms with van der Waals surface area (Å²) in [4.78, 5) is 22.8. The molecular formula is C11H19NO4. The van der Waals surface area contributed by atoms with Crippen molar-refractivity contribution in [1.82, 2.24) is 5.32 Å². The van der Waals surface area contributed by atoms with Gasteiger partial charge >= 0.3 is 12.1 Å². The van der Waals surface area contributed by atoms with Crippen molar-refractivity contribution in [3.63, 3.8) is 0 Å². The van der Waals surface area contributed by atoms with Gasteiger partial charge < -0.3 is 14.8 Å². The van der Waals surface area contributed by atoms with Crippen LogP contribution in [-0.4, -0.2) is 30.8 Å². The lowest BCUT2D eigenvalue weighted by molar-refractivity contribution is -0.146. The number of carbonyl (C=O) groups is 2. The van der Waals surface area contributed by atoms with Crippen LogP contribution in [0.1, 0.15) is 34.1 Å². The molecule has 0 bridgehead atoms. The standard InChI is InChI=1S/C11H19NO4/c1-10(2,3)16-9(14)12-7-6-11(7,4)8(13)15-5/h7H,6H2,1-5H3,(H,12,14)/t7-,11+/m1/s1. The van der Waals surface area contributed by atoms with Crippen molar-refractivity contribution in [2.24, 2.45) is 5.41 Å². The smallest absolute Gasteiger partial charge is 0.407 e. The first-order chi connectivity index (χ1) is 7.19. The summed E-state index contributed by atoms with van der Waals surface area (Å²) < 4.78 is 9.75. The molecule has 0 radical (unpaired) electrons. The van der Waals surface area contributed by atoms with Gasteiger partial charge in [0, 0.05) is 6.04 Å². The van der Waals surface area contributed by atoms with E-state index < -0.39 is 17.1 Å². The number of amides is 1. The molecule has 2 atom stereocenters.